The largest absolute Gasteiger partial charge is 0.308 e. The second kappa shape index (κ2) is 10.1. The molecule has 1 N–H and O–H groups in total. The Morgan fingerprint density at radius 3 is 2.51 bits per heavy atom. The fraction of sp³-hybridized carbons (Fsp3) is 0.207. The van der Waals surface area contributed by atoms with Gasteiger partial charge in [0.05, 0.1) is 18.5 Å². The molecule has 0 radical (unpaired) electrons. The predicted molar refractivity (Wildman–Crippen MR) is 152 cm³/mol. The molecular weight excluding hydrogens is 541 g/mol. The summed E-state index contributed by atoms with van der Waals surface area (Å²) in [5.41, 5.74) is 3.44. The number of anilines is 2. The molecule has 4 aromatic heterocycles. The van der Waals surface area contributed by atoms with Crippen LogP contribution in [0.2, 0.25) is 0 Å². The quantitative estimate of drug-likeness (QED) is 0.264. The zero-order valence-corrected chi connectivity index (χ0v) is 22.9. The Kier molecular flexibility index (Phi) is 6.40. The van der Waals surface area contributed by atoms with Crippen LogP contribution >= 0.6 is 11.3 Å². The number of rotatable bonds is 7. The zero-order chi connectivity index (χ0) is 28.7. The van der Waals surface area contributed by atoms with Gasteiger partial charge in [0.25, 0.3) is 5.91 Å². The van der Waals surface area contributed by atoms with E-state index in [1.54, 1.807) is 24.5 Å². The molecular formula is C29H22FN9OS. The van der Waals surface area contributed by atoms with Crippen molar-refractivity contribution in [3.63, 3.8) is 0 Å². The molecule has 1 fully saturated rings. The van der Waals surface area contributed by atoms with E-state index in [0.29, 0.717) is 46.1 Å². The van der Waals surface area contributed by atoms with Gasteiger partial charge in [-0.05, 0) is 42.8 Å². The van der Waals surface area contributed by atoms with Gasteiger partial charge in [-0.2, -0.15) is 5.26 Å². The summed E-state index contributed by atoms with van der Waals surface area (Å²) in [6.45, 7) is 9.27. The number of carbonyl (C=O) groups is 1. The van der Waals surface area contributed by atoms with Gasteiger partial charge in [-0.1, -0.05) is 18.3 Å². The van der Waals surface area contributed by atoms with Crippen molar-refractivity contribution in [2.75, 3.05) is 11.9 Å². The van der Waals surface area contributed by atoms with E-state index in [9.17, 15) is 14.4 Å². The lowest BCUT2D eigenvalue weighted by Crippen LogP contribution is -2.35. The summed E-state index contributed by atoms with van der Waals surface area (Å²) >= 11 is 1.25. The highest BCUT2D eigenvalue weighted by molar-refractivity contribution is 7.16. The normalized spacial score (nSPS) is 13.4. The Morgan fingerprint density at radius 1 is 1.17 bits per heavy atom. The minimum absolute atomic E-state index is 0.00935. The number of hydrogen-bond donors (Lipinski definition) is 1. The molecule has 5 aromatic rings. The average Bonchev–Trinajstić information content (AvgIpc) is 3.47. The highest BCUT2D eigenvalue weighted by Crippen LogP contribution is 2.38. The van der Waals surface area contributed by atoms with Crippen molar-refractivity contribution in [3.05, 3.63) is 88.6 Å². The number of hydrogen-bond acceptors (Lipinski definition) is 8. The SMILES string of the molecule is [C-]#[N+]C1(NC(=O)c2ncc(-c3ccc4nc(CC)c(N(C)c5nc(-c6ccc(F)cc6)c(C#N)s5)n4c3)cn2)CC1. The number of benzene rings is 1. The summed E-state index contributed by atoms with van der Waals surface area (Å²) in [4.78, 5) is 36.3. The molecule has 12 heteroatoms. The summed E-state index contributed by atoms with van der Waals surface area (Å²) in [5, 5.41) is 13.1. The highest BCUT2D eigenvalue weighted by Gasteiger charge is 2.52. The molecule has 0 atom stereocenters. The van der Waals surface area contributed by atoms with Crippen LogP contribution in [-0.4, -0.2) is 43.0 Å². The minimum Gasteiger partial charge on any atom is -0.305 e. The fourth-order valence-corrected chi connectivity index (χ4v) is 5.36. The predicted octanol–water partition coefficient (Wildman–Crippen LogP) is 5.40. The van der Waals surface area contributed by atoms with Crippen molar-refractivity contribution < 1.29 is 9.18 Å². The topological polar surface area (TPSA) is 116 Å². The van der Waals surface area contributed by atoms with Crippen LogP contribution in [-0.2, 0) is 6.42 Å². The summed E-state index contributed by atoms with van der Waals surface area (Å²) in [7, 11) is 1.87. The second-order valence-electron chi connectivity index (χ2n) is 9.63. The van der Waals surface area contributed by atoms with Gasteiger partial charge in [-0.25, -0.2) is 30.9 Å². The van der Waals surface area contributed by atoms with Crippen molar-refractivity contribution >= 4 is 33.8 Å². The van der Waals surface area contributed by atoms with Crippen molar-refractivity contribution in [1.82, 2.24) is 29.7 Å². The number of amides is 1. The Hall–Kier alpha value is -5.20. The number of nitriles is 1. The maximum Gasteiger partial charge on any atom is 0.308 e. The number of carbonyl (C=O) groups excluding carboxylic acids is 1. The fourth-order valence-electron chi connectivity index (χ4n) is 4.51. The molecule has 1 aromatic carbocycles. The molecule has 10 nitrogen and oxygen atoms in total. The van der Waals surface area contributed by atoms with Crippen LogP contribution in [0.15, 0.2) is 55.0 Å². The van der Waals surface area contributed by atoms with E-state index < -0.39 is 11.6 Å². The number of aryl methyl sites for hydroxylation is 1. The minimum atomic E-state index is -0.809. The number of fused-ring (bicyclic) bond motifs is 1. The van der Waals surface area contributed by atoms with E-state index >= 15 is 0 Å². The van der Waals surface area contributed by atoms with E-state index in [4.69, 9.17) is 16.5 Å². The van der Waals surface area contributed by atoms with Crippen LogP contribution in [0.4, 0.5) is 15.3 Å². The lowest BCUT2D eigenvalue weighted by atomic mass is 10.1. The molecule has 41 heavy (non-hydrogen) atoms. The smallest absolute Gasteiger partial charge is 0.305 e. The van der Waals surface area contributed by atoms with E-state index in [1.165, 1.54) is 23.5 Å². The van der Waals surface area contributed by atoms with Crippen LogP contribution in [0.5, 0.6) is 0 Å². The Labute approximate surface area is 238 Å². The first-order valence-corrected chi connectivity index (χ1v) is 13.6. The average molecular weight is 564 g/mol. The Bertz CT molecular complexity index is 1880. The third-order valence-corrected chi connectivity index (χ3v) is 7.95. The van der Waals surface area contributed by atoms with Crippen molar-refractivity contribution in [1.29, 1.82) is 5.26 Å². The van der Waals surface area contributed by atoms with Crippen LogP contribution in [0.1, 0.15) is 41.0 Å². The molecule has 202 valence electrons. The molecule has 0 spiro atoms. The number of halogens is 1. The van der Waals surface area contributed by atoms with Crippen LogP contribution < -0.4 is 10.2 Å². The van der Waals surface area contributed by atoms with Crippen molar-refractivity contribution in [3.8, 4) is 28.5 Å². The van der Waals surface area contributed by atoms with Crippen molar-refractivity contribution in [2.24, 2.45) is 0 Å². The lowest BCUT2D eigenvalue weighted by Gasteiger charge is -2.17. The van der Waals surface area contributed by atoms with Gasteiger partial charge in [0.2, 0.25) is 5.82 Å². The summed E-state index contributed by atoms with van der Waals surface area (Å²) in [5.74, 6) is -0.0232. The number of imidazole rings is 1. The van der Waals surface area contributed by atoms with Gasteiger partial charge in [0.15, 0.2) is 5.13 Å². The molecule has 0 bridgehead atoms. The van der Waals surface area contributed by atoms with Crippen molar-refractivity contribution in [2.45, 2.75) is 31.8 Å². The highest BCUT2D eigenvalue weighted by atomic mass is 32.1. The molecule has 6 rings (SSSR count). The number of pyridine rings is 1. The summed E-state index contributed by atoms with van der Waals surface area (Å²) < 4.78 is 15.4. The lowest BCUT2D eigenvalue weighted by molar-refractivity contribution is 0.0929. The van der Waals surface area contributed by atoms with Crippen LogP contribution in [0.25, 0.3) is 32.9 Å². The first-order valence-electron chi connectivity index (χ1n) is 12.8. The number of nitrogens with one attached hydrogen (secondary N) is 1. The standard InChI is InChI=1S/C29H22FN9OS/c1-4-21-27(38(3)28-36-24(22(13-31)41-28)17-5-8-20(30)9-6-17)39-16-18(7-10-23(39)35-21)19-14-33-25(34-15-19)26(40)37-29(32-2)11-12-29/h5-10,14-16H,4,11-12H2,1,3H3,(H,37,40). The van der Waals surface area contributed by atoms with E-state index in [-0.39, 0.29) is 11.6 Å². The summed E-state index contributed by atoms with van der Waals surface area (Å²) in [6.07, 6.45) is 7.01. The maximum absolute atomic E-state index is 13.5. The van der Waals surface area contributed by atoms with Crippen LogP contribution in [0, 0.1) is 23.7 Å². The van der Waals surface area contributed by atoms with Gasteiger partial charge < -0.3 is 4.90 Å². The maximum atomic E-state index is 13.5. The third-order valence-electron chi connectivity index (χ3n) is 6.91. The molecule has 1 saturated carbocycles. The Morgan fingerprint density at radius 2 is 1.88 bits per heavy atom. The first kappa shape index (κ1) is 26.0. The first-order chi connectivity index (χ1) is 19.8. The molecule has 1 amide bonds. The van der Waals surface area contributed by atoms with E-state index in [1.807, 2.05) is 41.6 Å². The van der Waals surface area contributed by atoms with Gasteiger partial charge in [-0.15, -0.1) is 0 Å². The molecule has 4 heterocycles. The molecule has 0 unspecified atom stereocenters. The van der Waals surface area contributed by atoms with Gasteiger partial charge in [0, 0.05) is 42.3 Å². The van der Waals surface area contributed by atoms with Gasteiger partial charge >= 0.3 is 5.66 Å². The second-order valence-corrected chi connectivity index (χ2v) is 10.6. The van der Waals surface area contributed by atoms with Crippen LogP contribution in [0.3, 0.4) is 0 Å². The summed E-state index contributed by atoms with van der Waals surface area (Å²) in [6, 6.07) is 11.9. The molecule has 0 saturated heterocycles. The molecule has 0 aliphatic heterocycles. The van der Waals surface area contributed by atoms with Gasteiger partial charge in [0.1, 0.15) is 33.9 Å². The van der Waals surface area contributed by atoms with E-state index in [0.717, 1.165) is 22.7 Å². The number of thiazole rings is 1. The Balaban J connectivity index is 1.34. The molecule has 1 aliphatic carbocycles. The van der Waals surface area contributed by atoms with E-state index in [2.05, 4.69) is 26.2 Å². The number of aromatic nitrogens is 5. The molecule has 1 aliphatic rings. The third kappa shape index (κ3) is 4.75. The van der Waals surface area contributed by atoms with Gasteiger partial charge in [-0.3, -0.25) is 19.4 Å². The monoisotopic (exact) mass is 563 g/mol. The number of nitrogens with zero attached hydrogens (tertiary/aromatic N) is 8. The zero-order valence-electron chi connectivity index (χ0n) is 22.1.